The highest BCUT2D eigenvalue weighted by Crippen LogP contribution is 2.50. The van der Waals surface area contributed by atoms with Gasteiger partial charge >= 0.3 is 5.97 Å². The highest BCUT2D eigenvalue weighted by molar-refractivity contribution is 5.77. The Morgan fingerprint density at radius 1 is 1.20 bits per heavy atom. The van der Waals surface area contributed by atoms with E-state index >= 15 is 0 Å². The lowest BCUT2D eigenvalue weighted by Crippen LogP contribution is -2.14. The molecule has 1 N–H and O–H groups in total. The molecule has 0 spiro atoms. The summed E-state index contributed by atoms with van der Waals surface area (Å²) in [5, 5.41) is 8.97. The number of hydrogen-bond donors (Lipinski definition) is 1. The van der Waals surface area contributed by atoms with Gasteiger partial charge in [-0.1, -0.05) is 31.8 Å². The Morgan fingerprint density at radius 2 is 1.80 bits per heavy atom. The fourth-order valence-electron chi connectivity index (χ4n) is 2.00. The molecule has 0 aromatic carbocycles. The number of carbonyl (C=O) groups is 1. The number of rotatable bonds is 9. The van der Waals surface area contributed by atoms with E-state index in [0.29, 0.717) is 0 Å². The summed E-state index contributed by atoms with van der Waals surface area (Å²) in [4.78, 5) is 10.9. The maximum atomic E-state index is 10.9. The topological polar surface area (TPSA) is 37.3 Å². The van der Waals surface area contributed by atoms with Gasteiger partial charge in [-0.05, 0) is 32.1 Å². The van der Waals surface area contributed by atoms with E-state index in [4.69, 9.17) is 5.11 Å². The fraction of sp³-hybridized carbons (Fsp3) is 0.769. The summed E-state index contributed by atoms with van der Waals surface area (Å²) in [5.41, 5.74) is -0.304. The normalized spacial score (nSPS) is 17.3. The van der Waals surface area contributed by atoms with Gasteiger partial charge in [0.1, 0.15) is 0 Å². The maximum absolute atomic E-state index is 10.9. The number of hydrogen-bond acceptors (Lipinski definition) is 1. The number of aliphatic carboxylic acids is 1. The van der Waals surface area contributed by atoms with Crippen molar-refractivity contribution in [2.24, 2.45) is 5.41 Å². The smallest absolute Gasteiger partial charge is 0.309 e. The molecule has 0 heterocycles. The van der Waals surface area contributed by atoms with Gasteiger partial charge in [-0.2, -0.15) is 0 Å². The van der Waals surface area contributed by atoms with Crippen LogP contribution in [0.15, 0.2) is 12.7 Å². The van der Waals surface area contributed by atoms with Crippen molar-refractivity contribution < 1.29 is 9.90 Å². The zero-order valence-corrected chi connectivity index (χ0v) is 9.50. The Kier molecular flexibility index (Phi) is 4.86. The van der Waals surface area contributed by atoms with Crippen LogP contribution >= 0.6 is 0 Å². The molecule has 1 aliphatic rings. The minimum Gasteiger partial charge on any atom is -0.481 e. The van der Waals surface area contributed by atoms with Crippen molar-refractivity contribution in [1.29, 1.82) is 0 Å². The van der Waals surface area contributed by atoms with E-state index in [9.17, 15) is 4.79 Å². The van der Waals surface area contributed by atoms with E-state index in [1.54, 1.807) is 0 Å². The molecule has 0 radical (unpaired) electrons. The maximum Gasteiger partial charge on any atom is 0.309 e. The molecule has 0 bridgehead atoms. The van der Waals surface area contributed by atoms with Crippen LogP contribution in [0.4, 0.5) is 0 Å². The Hall–Kier alpha value is -0.790. The summed E-state index contributed by atoms with van der Waals surface area (Å²) in [6.07, 6.45) is 11.8. The molecule has 1 saturated carbocycles. The first kappa shape index (κ1) is 12.3. The number of allylic oxidation sites excluding steroid dienone is 1. The van der Waals surface area contributed by atoms with Crippen LogP contribution in [-0.4, -0.2) is 11.1 Å². The van der Waals surface area contributed by atoms with Gasteiger partial charge in [0, 0.05) is 0 Å². The van der Waals surface area contributed by atoms with Crippen molar-refractivity contribution in [3.05, 3.63) is 12.7 Å². The van der Waals surface area contributed by atoms with E-state index in [-0.39, 0.29) is 5.41 Å². The van der Waals surface area contributed by atoms with Gasteiger partial charge < -0.3 is 5.11 Å². The summed E-state index contributed by atoms with van der Waals surface area (Å²) in [5.74, 6) is -0.575. The van der Waals surface area contributed by atoms with E-state index < -0.39 is 5.97 Å². The molecule has 0 saturated heterocycles. The van der Waals surface area contributed by atoms with Crippen molar-refractivity contribution in [2.75, 3.05) is 0 Å². The van der Waals surface area contributed by atoms with Gasteiger partial charge in [0.2, 0.25) is 0 Å². The van der Waals surface area contributed by atoms with Crippen LogP contribution in [0.3, 0.4) is 0 Å². The SMILES string of the molecule is C=CCCCCCCCC1(C(=O)O)CC1. The predicted octanol–water partition coefficient (Wildman–Crippen LogP) is 3.77. The molecule has 15 heavy (non-hydrogen) atoms. The minimum absolute atomic E-state index is 0.304. The highest BCUT2D eigenvalue weighted by Gasteiger charge is 2.49. The van der Waals surface area contributed by atoms with E-state index in [1.807, 2.05) is 6.08 Å². The first-order valence-corrected chi connectivity index (χ1v) is 6.05. The molecule has 1 fully saturated rings. The Labute approximate surface area is 92.4 Å². The second-order valence-corrected chi connectivity index (χ2v) is 4.68. The summed E-state index contributed by atoms with van der Waals surface area (Å²) < 4.78 is 0. The molecule has 2 nitrogen and oxygen atoms in total. The standard InChI is InChI=1S/C13H22O2/c1-2-3-4-5-6-7-8-9-13(10-11-13)12(14)15/h2H,1,3-11H2,(H,14,15). The predicted molar refractivity (Wildman–Crippen MR) is 61.8 cm³/mol. The first-order chi connectivity index (χ1) is 7.21. The number of unbranched alkanes of at least 4 members (excludes halogenated alkanes) is 5. The van der Waals surface area contributed by atoms with Crippen molar-refractivity contribution in [1.82, 2.24) is 0 Å². The van der Waals surface area contributed by atoms with E-state index in [1.165, 1.54) is 25.7 Å². The van der Waals surface area contributed by atoms with Gasteiger partial charge in [-0.3, -0.25) is 4.79 Å². The molecule has 0 aromatic rings. The van der Waals surface area contributed by atoms with Crippen LogP contribution in [0.2, 0.25) is 0 Å². The molecule has 0 amide bonds. The van der Waals surface area contributed by atoms with Crippen LogP contribution in [-0.2, 0) is 4.79 Å². The molecular weight excluding hydrogens is 188 g/mol. The molecule has 2 heteroatoms. The fourth-order valence-corrected chi connectivity index (χ4v) is 2.00. The van der Waals surface area contributed by atoms with Crippen molar-refractivity contribution in [3.63, 3.8) is 0 Å². The zero-order chi connectivity index (χ0) is 11.1. The van der Waals surface area contributed by atoms with Crippen LogP contribution < -0.4 is 0 Å². The van der Waals surface area contributed by atoms with Crippen molar-refractivity contribution >= 4 is 5.97 Å². The molecule has 1 aliphatic carbocycles. The molecule has 0 aromatic heterocycles. The summed E-state index contributed by atoms with van der Waals surface area (Å²) in [6.45, 7) is 3.69. The largest absolute Gasteiger partial charge is 0.481 e. The minimum atomic E-state index is -0.575. The summed E-state index contributed by atoms with van der Waals surface area (Å²) in [6, 6.07) is 0. The van der Waals surface area contributed by atoms with Gasteiger partial charge in [0.15, 0.2) is 0 Å². The average Bonchev–Trinajstić information content (AvgIpc) is 2.98. The third kappa shape index (κ3) is 4.06. The van der Waals surface area contributed by atoms with Crippen molar-refractivity contribution in [3.8, 4) is 0 Å². The molecule has 0 atom stereocenters. The van der Waals surface area contributed by atoms with Gasteiger partial charge in [-0.15, -0.1) is 6.58 Å². The lowest BCUT2D eigenvalue weighted by molar-refractivity contribution is -0.143. The van der Waals surface area contributed by atoms with Gasteiger partial charge in [0.05, 0.1) is 5.41 Å². The van der Waals surface area contributed by atoms with Crippen LogP contribution in [0.1, 0.15) is 57.8 Å². The first-order valence-electron chi connectivity index (χ1n) is 6.05. The molecule has 0 unspecified atom stereocenters. The zero-order valence-electron chi connectivity index (χ0n) is 9.50. The third-order valence-corrected chi connectivity index (χ3v) is 3.37. The van der Waals surface area contributed by atoms with Gasteiger partial charge in [-0.25, -0.2) is 0 Å². The Balaban J connectivity index is 1.93. The number of carboxylic acids is 1. The quantitative estimate of drug-likeness (QED) is 0.464. The van der Waals surface area contributed by atoms with Crippen LogP contribution in [0.5, 0.6) is 0 Å². The van der Waals surface area contributed by atoms with Crippen LogP contribution in [0.25, 0.3) is 0 Å². The Bertz CT molecular complexity index is 217. The van der Waals surface area contributed by atoms with Gasteiger partial charge in [0.25, 0.3) is 0 Å². The molecular formula is C13H22O2. The number of carboxylic acid groups (broad SMARTS) is 1. The lowest BCUT2D eigenvalue weighted by atomic mass is 9.98. The summed E-state index contributed by atoms with van der Waals surface area (Å²) >= 11 is 0. The molecule has 86 valence electrons. The van der Waals surface area contributed by atoms with E-state index in [0.717, 1.165) is 32.1 Å². The summed E-state index contributed by atoms with van der Waals surface area (Å²) in [7, 11) is 0. The van der Waals surface area contributed by atoms with Crippen LogP contribution in [0, 0.1) is 5.41 Å². The second-order valence-electron chi connectivity index (χ2n) is 4.68. The lowest BCUT2D eigenvalue weighted by Gasteiger charge is -2.08. The van der Waals surface area contributed by atoms with E-state index in [2.05, 4.69) is 6.58 Å². The molecule has 0 aliphatic heterocycles. The third-order valence-electron chi connectivity index (χ3n) is 3.37. The molecule has 1 rings (SSSR count). The monoisotopic (exact) mass is 210 g/mol. The highest BCUT2D eigenvalue weighted by atomic mass is 16.4. The second kappa shape index (κ2) is 5.94. The Morgan fingerprint density at radius 3 is 2.33 bits per heavy atom. The average molecular weight is 210 g/mol. The van der Waals surface area contributed by atoms with Crippen molar-refractivity contribution in [2.45, 2.75) is 57.8 Å².